The molecule has 3 heterocycles. The van der Waals surface area contributed by atoms with Gasteiger partial charge in [0.15, 0.2) is 17.2 Å². The van der Waals surface area contributed by atoms with E-state index >= 15 is 0 Å². The van der Waals surface area contributed by atoms with E-state index in [1.54, 1.807) is 0 Å². The fraction of sp³-hybridized carbons (Fsp3) is 0.0667. The maximum atomic E-state index is 5.80. The first-order chi connectivity index (χ1) is 9.83. The second-order valence-electron chi connectivity index (χ2n) is 4.55. The first kappa shape index (κ1) is 11.0. The SMILES string of the molecule is CNc1ccc2[nH]c(-c3cc4ccccc4o3)nc2n1. The molecule has 0 aliphatic rings. The first-order valence-corrected chi connectivity index (χ1v) is 6.37. The van der Waals surface area contributed by atoms with Crippen LogP contribution in [-0.2, 0) is 0 Å². The van der Waals surface area contributed by atoms with Crippen LogP contribution < -0.4 is 5.32 Å². The van der Waals surface area contributed by atoms with E-state index in [2.05, 4.69) is 20.3 Å². The maximum absolute atomic E-state index is 5.80. The van der Waals surface area contributed by atoms with Gasteiger partial charge in [-0.1, -0.05) is 18.2 Å². The lowest BCUT2D eigenvalue weighted by atomic mass is 10.2. The minimum Gasteiger partial charge on any atom is -0.453 e. The van der Waals surface area contributed by atoms with Crippen LogP contribution in [0.25, 0.3) is 33.7 Å². The number of benzene rings is 1. The second kappa shape index (κ2) is 4.09. The molecule has 0 fully saturated rings. The van der Waals surface area contributed by atoms with Crippen LogP contribution in [0.1, 0.15) is 0 Å². The monoisotopic (exact) mass is 264 g/mol. The Morgan fingerprint density at radius 3 is 2.85 bits per heavy atom. The van der Waals surface area contributed by atoms with Gasteiger partial charge in [-0.3, -0.25) is 0 Å². The third kappa shape index (κ3) is 1.64. The molecule has 4 rings (SSSR count). The van der Waals surface area contributed by atoms with E-state index in [1.807, 2.05) is 49.5 Å². The molecule has 0 atom stereocenters. The minimum absolute atomic E-state index is 0.673. The summed E-state index contributed by atoms with van der Waals surface area (Å²) in [6.07, 6.45) is 0. The molecule has 0 aliphatic carbocycles. The van der Waals surface area contributed by atoms with Gasteiger partial charge in [0, 0.05) is 12.4 Å². The van der Waals surface area contributed by atoms with Crippen LogP contribution in [-0.4, -0.2) is 22.0 Å². The van der Waals surface area contributed by atoms with Crippen LogP contribution in [0.4, 0.5) is 5.82 Å². The minimum atomic E-state index is 0.673. The van der Waals surface area contributed by atoms with Gasteiger partial charge in [0.1, 0.15) is 11.4 Å². The molecule has 3 aromatic heterocycles. The second-order valence-corrected chi connectivity index (χ2v) is 4.55. The Kier molecular flexibility index (Phi) is 2.26. The van der Waals surface area contributed by atoms with E-state index in [9.17, 15) is 0 Å². The predicted molar refractivity (Wildman–Crippen MR) is 78.6 cm³/mol. The van der Waals surface area contributed by atoms with Crippen molar-refractivity contribution in [2.45, 2.75) is 0 Å². The molecule has 20 heavy (non-hydrogen) atoms. The lowest BCUT2D eigenvalue weighted by Gasteiger charge is -1.95. The van der Waals surface area contributed by atoms with Crippen LogP contribution in [0.5, 0.6) is 0 Å². The number of hydrogen-bond donors (Lipinski definition) is 2. The molecule has 0 spiro atoms. The third-order valence-electron chi connectivity index (χ3n) is 3.26. The lowest BCUT2D eigenvalue weighted by Crippen LogP contribution is -1.91. The van der Waals surface area contributed by atoms with Crippen molar-refractivity contribution >= 4 is 28.0 Å². The van der Waals surface area contributed by atoms with E-state index < -0.39 is 0 Å². The van der Waals surface area contributed by atoms with Crippen LogP contribution in [0.3, 0.4) is 0 Å². The van der Waals surface area contributed by atoms with E-state index in [0.29, 0.717) is 11.5 Å². The number of aromatic amines is 1. The summed E-state index contributed by atoms with van der Waals surface area (Å²) in [5.74, 6) is 2.20. The Hall–Kier alpha value is -2.82. The summed E-state index contributed by atoms with van der Waals surface area (Å²) < 4.78 is 5.80. The van der Waals surface area contributed by atoms with Crippen molar-refractivity contribution in [3.63, 3.8) is 0 Å². The highest BCUT2D eigenvalue weighted by Gasteiger charge is 2.11. The largest absolute Gasteiger partial charge is 0.453 e. The number of para-hydroxylation sites is 1. The molecule has 1 aromatic carbocycles. The molecule has 0 saturated heterocycles. The summed E-state index contributed by atoms with van der Waals surface area (Å²) >= 11 is 0. The predicted octanol–water partition coefficient (Wildman–Crippen LogP) is 3.41. The number of aromatic nitrogens is 3. The molecular weight excluding hydrogens is 252 g/mol. The summed E-state index contributed by atoms with van der Waals surface area (Å²) in [4.78, 5) is 12.1. The molecule has 4 aromatic rings. The highest BCUT2D eigenvalue weighted by molar-refractivity contribution is 5.83. The number of nitrogens with one attached hydrogen (secondary N) is 2. The normalized spacial score (nSPS) is 11.2. The Morgan fingerprint density at radius 2 is 2.00 bits per heavy atom. The Labute approximate surface area is 114 Å². The quantitative estimate of drug-likeness (QED) is 0.582. The van der Waals surface area contributed by atoms with Crippen LogP contribution >= 0.6 is 0 Å². The van der Waals surface area contributed by atoms with Gasteiger partial charge in [0.2, 0.25) is 0 Å². The van der Waals surface area contributed by atoms with Gasteiger partial charge >= 0.3 is 0 Å². The van der Waals surface area contributed by atoms with Crippen LogP contribution in [0.2, 0.25) is 0 Å². The van der Waals surface area contributed by atoms with Gasteiger partial charge in [0.05, 0.1) is 5.52 Å². The molecule has 0 unspecified atom stereocenters. The van der Waals surface area contributed by atoms with E-state index in [1.165, 1.54) is 0 Å². The van der Waals surface area contributed by atoms with Crippen molar-refractivity contribution in [3.05, 3.63) is 42.5 Å². The first-order valence-electron chi connectivity index (χ1n) is 6.37. The number of fused-ring (bicyclic) bond motifs is 2. The standard InChI is InChI=1S/C15H12N4O/c1-16-13-7-6-10-14(18-13)19-15(17-10)12-8-9-4-2-3-5-11(9)20-12/h2-8H,1H3,(H2,16,17,18,19). The fourth-order valence-corrected chi connectivity index (χ4v) is 2.25. The molecule has 2 N–H and O–H groups in total. The molecule has 0 radical (unpaired) electrons. The van der Waals surface area contributed by atoms with Crippen molar-refractivity contribution in [3.8, 4) is 11.6 Å². The number of rotatable bonds is 2. The third-order valence-corrected chi connectivity index (χ3v) is 3.26. The van der Waals surface area contributed by atoms with Crippen molar-refractivity contribution in [2.24, 2.45) is 0 Å². The van der Waals surface area contributed by atoms with Crippen molar-refractivity contribution in [1.29, 1.82) is 0 Å². The zero-order valence-electron chi connectivity index (χ0n) is 10.8. The Morgan fingerprint density at radius 1 is 1.10 bits per heavy atom. The number of nitrogens with zero attached hydrogens (tertiary/aromatic N) is 2. The van der Waals surface area contributed by atoms with Gasteiger partial charge in [-0.2, -0.15) is 0 Å². The number of pyridine rings is 1. The lowest BCUT2D eigenvalue weighted by molar-refractivity contribution is 0.626. The number of hydrogen-bond acceptors (Lipinski definition) is 4. The molecule has 0 amide bonds. The van der Waals surface area contributed by atoms with E-state index in [-0.39, 0.29) is 0 Å². The molecule has 5 nitrogen and oxygen atoms in total. The van der Waals surface area contributed by atoms with Gasteiger partial charge in [-0.15, -0.1) is 0 Å². The molecule has 5 heteroatoms. The van der Waals surface area contributed by atoms with Crippen LogP contribution in [0, 0.1) is 0 Å². The Balaban J connectivity index is 1.88. The summed E-state index contributed by atoms with van der Waals surface area (Å²) in [7, 11) is 1.83. The number of furan rings is 1. The number of anilines is 1. The van der Waals surface area contributed by atoms with Gasteiger partial charge in [-0.25, -0.2) is 9.97 Å². The average Bonchev–Trinajstić information content (AvgIpc) is 3.09. The average molecular weight is 264 g/mol. The van der Waals surface area contributed by atoms with Crippen molar-refractivity contribution < 1.29 is 4.42 Å². The van der Waals surface area contributed by atoms with Gasteiger partial charge in [-0.05, 0) is 24.3 Å². The molecule has 0 aliphatic heterocycles. The molecular formula is C15H12N4O. The Bertz CT molecular complexity index is 873. The number of H-pyrrole nitrogens is 1. The molecule has 0 bridgehead atoms. The van der Waals surface area contributed by atoms with Crippen molar-refractivity contribution in [1.82, 2.24) is 15.0 Å². The molecule has 98 valence electrons. The summed E-state index contributed by atoms with van der Waals surface area (Å²) in [5.41, 5.74) is 2.42. The van der Waals surface area contributed by atoms with Crippen LogP contribution in [0.15, 0.2) is 46.9 Å². The van der Waals surface area contributed by atoms with Gasteiger partial charge < -0.3 is 14.7 Å². The van der Waals surface area contributed by atoms with Gasteiger partial charge in [0.25, 0.3) is 0 Å². The van der Waals surface area contributed by atoms with Crippen molar-refractivity contribution in [2.75, 3.05) is 12.4 Å². The zero-order valence-corrected chi connectivity index (χ0v) is 10.8. The summed E-state index contributed by atoms with van der Waals surface area (Å²) in [6, 6.07) is 13.7. The fourth-order valence-electron chi connectivity index (χ4n) is 2.25. The van der Waals surface area contributed by atoms with E-state index in [4.69, 9.17) is 4.42 Å². The molecule has 0 saturated carbocycles. The highest BCUT2D eigenvalue weighted by Crippen LogP contribution is 2.27. The number of imidazole rings is 1. The summed E-state index contributed by atoms with van der Waals surface area (Å²) in [5, 5.41) is 4.06. The highest BCUT2D eigenvalue weighted by atomic mass is 16.3. The van der Waals surface area contributed by atoms with E-state index in [0.717, 1.165) is 28.1 Å². The smallest absolute Gasteiger partial charge is 0.180 e. The zero-order chi connectivity index (χ0) is 13.5. The topological polar surface area (TPSA) is 66.7 Å². The maximum Gasteiger partial charge on any atom is 0.180 e. The summed E-state index contributed by atoms with van der Waals surface area (Å²) in [6.45, 7) is 0.